The molecule has 0 aromatic heterocycles. The van der Waals surface area contributed by atoms with Gasteiger partial charge in [0, 0.05) is 238 Å². The minimum atomic E-state index is -5.34. The van der Waals surface area contributed by atoms with Gasteiger partial charge in [-0.15, -0.1) is 0 Å². The van der Waals surface area contributed by atoms with Crippen LogP contribution in [0.3, 0.4) is 0 Å². The number of amides is 1. The number of carbonyl (C=O) groups excluding carboxylic acids is 4. The average molecular weight is 1890 g/mol. The van der Waals surface area contributed by atoms with Gasteiger partial charge in [-0.1, -0.05) is 96.9 Å². The molecule has 0 bridgehead atoms. The van der Waals surface area contributed by atoms with Crippen molar-refractivity contribution < 1.29 is 261 Å². The summed E-state index contributed by atoms with van der Waals surface area (Å²) < 4.78 is 63.7. The molecule has 0 aliphatic heterocycles. The summed E-state index contributed by atoms with van der Waals surface area (Å²) in [6.07, 6.45) is -0.975. The molecule has 1 amide bonds. The molecule has 0 saturated heterocycles. The first-order valence-electron chi connectivity index (χ1n) is 17.3. The van der Waals surface area contributed by atoms with Gasteiger partial charge >= 0.3 is 27.8 Å². The molecule has 0 heterocycles. The number of carboxylic acids is 1. The molecule has 78 heavy (non-hydrogen) atoms. The maximum Gasteiger partial charge on any atom is 0.523 e. The number of alkyl halides is 3. The minimum Gasteiger partial charge on any atom is -0.481 e. The molecule has 0 aliphatic carbocycles. The van der Waals surface area contributed by atoms with Crippen LogP contribution < -0.4 is 16.0 Å². The fourth-order valence-corrected chi connectivity index (χ4v) is 0.442. The zero-order chi connectivity index (χ0) is 48.7. The molecular formula is C40H142ClF3N4O11P12SY6-6. The second-order valence-electron chi connectivity index (χ2n) is 6.02. The number of esters is 1. The van der Waals surface area contributed by atoms with Crippen LogP contribution in [0.15, 0.2) is 0 Å². The number of carboxylic acid groups (broad SMARTS) is 1. The van der Waals surface area contributed by atoms with Crippen LogP contribution in [-0.4, -0.2) is 124 Å². The molecule has 0 rings (SSSR count). The van der Waals surface area contributed by atoms with Gasteiger partial charge in [0.15, 0.2) is 0 Å². The van der Waals surface area contributed by atoms with Gasteiger partial charge in [-0.2, -0.15) is 140 Å². The van der Waals surface area contributed by atoms with Crippen molar-refractivity contribution in [3.63, 3.8) is 0 Å². The standard InChI is InChI=1S/C4H9NO.C4H6O4.C2H3ClO.C2H3F3O3S.3C2H7N.C2H4O2.7C2H6.6CH3.12H3P.6Y/c1-4(6)5(2)3;1-3(5)8-4(6)7-2;1-2(3)4;1-8-9(6,7)2(3,4)5;3*1-3-2;1-2(3)4;7*1-2;;;;;;;;;;;;;;;;;;;;;;;;/h1-3H3;1-2H3;1H3;1H3;3*3H,1-2H3;1H3,(H,3,4);7*1-2H3;18*1H3;;;;;;/q;;;;;;;;;;;;;;;6*-1;;;;;;;;;;;;;;;;;;. The Labute approximate surface area is 685 Å². The monoisotopic (exact) mass is 1880 g/mol. The van der Waals surface area contributed by atoms with Crippen molar-refractivity contribution in [2.75, 3.05) is 70.6 Å². The molecule has 6 radical (unpaired) electrons. The van der Waals surface area contributed by atoms with Crippen LogP contribution >= 0.6 is 130 Å². The van der Waals surface area contributed by atoms with E-state index < -0.39 is 33.7 Å². The van der Waals surface area contributed by atoms with E-state index in [0.717, 1.165) is 21.0 Å². The molecule has 0 spiro atoms. The first kappa shape index (κ1) is 279. The summed E-state index contributed by atoms with van der Waals surface area (Å²) in [7, 11) is 10.9. The zero-order valence-corrected chi connectivity index (χ0v) is 92.9. The maximum absolute atomic E-state index is 11.1. The van der Waals surface area contributed by atoms with Crippen molar-refractivity contribution in [3.8, 4) is 0 Å². The van der Waals surface area contributed by atoms with Crippen molar-refractivity contribution in [2.24, 2.45) is 0 Å². The molecule has 38 heteroatoms. The molecular weight excluding hydrogens is 1740 g/mol. The van der Waals surface area contributed by atoms with Crippen molar-refractivity contribution in [1.29, 1.82) is 0 Å². The normalized spacial score (nSPS) is 4.87. The van der Waals surface area contributed by atoms with Gasteiger partial charge < -0.3 is 80.0 Å². The fourth-order valence-electron chi connectivity index (χ4n) is 0.254. The quantitative estimate of drug-likeness (QED) is 0.0367. The van der Waals surface area contributed by atoms with E-state index in [9.17, 15) is 40.8 Å². The molecule has 0 fully saturated rings. The maximum atomic E-state index is 11.1. The molecule has 0 aliphatic rings. The van der Waals surface area contributed by atoms with Crippen LogP contribution in [0.25, 0.3) is 0 Å². The van der Waals surface area contributed by atoms with Gasteiger partial charge in [0.05, 0.1) is 14.2 Å². The van der Waals surface area contributed by atoms with E-state index >= 15 is 0 Å². The second-order valence-corrected chi connectivity index (χ2v) is 8.25. The Balaban J connectivity index is -0.00000000568. The second kappa shape index (κ2) is 306. The number of halogens is 4. The van der Waals surface area contributed by atoms with Gasteiger partial charge in [0.2, 0.25) is 11.1 Å². The number of methoxy groups -OCH3 is 1. The largest absolute Gasteiger partial charge is 0.523 e. The third kappa shape index (κ3) is 620. The third-order valence-corrected chi connectivity index (χ3v) is 2.53. The Morgan fingerprint density at radius 1 is 0.462 bits per heavy atom. The van der Waals surface area contributed by atoms with E-state index in [-0.39, 0.29) is 371 Å². The molecule has 4 N–H and O–H groups in total. The van der Waals surface area contributed by atoms with Crippen LogP contribution in [0.5, 0.6) is 0 Å². The Kier molecular flexibility index (Phi) is 1100. The number of hydrogen-bond donors (Lipinski definition) is 4. The van der Waals surface area contributed by atoms with Gasteiger partial charge in [0.1, 0.15) is 0 Å². The summed E-state index contributed by atoms with van der Waals surface area (Å²) in [5, 5.41) is 15.3. The molecule has 0 aromatic rings. The molecule has 15 nitrogen and oxygen atoms in total. The Morgan fingerprint density at radius 2 is 0.564 bits per heavy atom. The van der Waals surface area contributed by atoms with Crippen molar-refractivity contribution >= 4 is 170 Å². The van der Waals surface area contributed by atoms with E-state index in [1.54, 1.807) is 14.1 Å². The first-order chi connectivity index (χ1) is 24.8. The minimum absolute atomic E-state index is 0. The summed E-state index contributed by atoms with van der Waals surface area (Å²) >= 11 is 4.64. The SMILES string of the molecule is CC.CC.CC.CC.CC.CC.CC.CC(=O)Cl.CC(=O)N(C)C.CC(=O)O.CNC.CNC.CNC.COC(=O)OC(C)=O.COS(=O)(=O)C(F)(F)F.P.P.P.P.P.P.P.P.P.P.P.P.[CH3-].[CH3-].[CH3-].[CH3-].[CH3-].[CH3-].[Y].[Y].[Y].[Y].[Y].[Y]. The summed E-state index contributed by atoms with van der Waals surface area (Å²) in [5.41, 5.74) is -5.30. The van der Waals surface area contributed by atoms with E-state index in [0.29, 0.717) is 7.11 Å². The van der Waals surface area contributed by atoms with E-state index in [4.69, 9.17) is 9.90 Å². The summed E-state index contributed by atoms with van der Waals surface area (Å²) in [4.78, 5) is 49.7. The van der Waals surface area contributed by atoms with E-state index in [2.05, 4.69) is 41.2 Å². The molecule has 0 saturated carbocycles. The van der Waals surface area contributed by atoms with Gasteiger partial charge in [0.25, 0.3) is 5.97 Å². The summed E-state index contributed by atoms with van der Waals surface area (Å²) in [6, 6.07) is 0. The summed E-state index contributed by atoms with van der Waals surface area (Å²) in [5.74, 6) is -1.41. The van der Waals surface area contributed by atoms with Gasteiger partial charge in [-0.3, -0.25) is 23.4 Å². The molecule has 12 atom stereocenters. The number of nitrogens with zero attached hydrogens (tertiary/aromatic N) is 1. The first-order valence-corrected chi connectivity index (χ1v) is 19.0. The number of aliphatic carboxylic acids is 1. The van der Waals surface area contributed by atoms with Crippen LogP contribution in [0.4, 0.5) is 18.0 Å². The van der Waals surface area contributed by atoms with E-state index in [1.807, 2.05) is 139 Å². The third-order valence-electron chi connectivity index (χ3n) is 1.53. The molecule has 506 valence electrons. The number of hydrogen-bond acceptors (Lipinski definition) is 13. The number of ether oxygens (including phenoxy) is 2. The fraction of sp³-hybridized carbons (Fsp3) is 0.725. The zero-order valence-electron chi connectivity index (χ0n) is 57.3. The average Bonchev–Trinajstić information content (AvgIpc) is 3.11. The van der Waals surface area contributed by atoms with Crippen LogP contribution in [0.1, 0.15) is 125 Å². The number of carbonyl (C=O) groups is 5. The number of nitrogens with one attached hydrogen (secondary N) is 3. The predicted octanol–water partition coefficient (Wildman–Crippen LogP) is 11.8. The molecule has 0 aromatic carbocycles. The molecule has 12 unspecified atom stereocenters. The smallest absolute Gasteiger partial charge is 0.481 e. The topological polar surface area (TPSA) is 207 Å². The predicted molar refractivity (Wildman–Crippen MR) is 396 cm³/mol. The summed E-state index contributed by atoms with van der Waals surface area (Å²) in [6.45, 7) is 33.0. The van der Waals surface area contributed by atoms with Crippen molar-refractivity contribution in [3.05, 3.63) is 44.6 Å². The van der Waals surface area contributed by atoms with Crippen molar-refractivity contribution in [1.82, 2.24) is 20.9 Å². The Hall–Kier alpha value is 9.20. The van der Waals surface area contributed by atoms with Crippen LogP contribution in [0, 0.1) is 44.6 Å². The van der Waals surface area contributed by atoms with Crippen molar-refractivity contribution in [2.45, 2.75) is 130 Å². The van der Waals surface area contributed by atoms with Gasteiger partial charge in [-0.05, 0) is 53.9 Å². The Bertz CT molecular complexity index is 795. The van der Waals surface area contributed by atoms with Crippen LogP contribution in [0.2, 0.25) is 0 Å². The number of rotatable bonds is 1. The van der Waals surface area contributed by atoms with E-state index in [1.165, 1.54) is 18.7 Å². The van der Waals surface area contributed by atoms with Crippen LogP contribution in [-0.2, 0) is 239 Å². The van der Waals surface area contributed by atoms with Gasteiger partial charge in [-0.25, -0.2) is 4.79 Å². The Morgan fingerprint density at radius 3 is 0.577 bits per heavy atom.